The van der Waals surface area contributed by atoms with Gasteiger partial charge in [-0.05, 0) is 5.92 Å². The molecule has 0 aliphatic carbocycles. The molecule has 0 spiro atoms. The van der Waals surface area contributed by atoms with Gasteiger partial charge in [-0.1, -0.05) is 20.3 Å². The molecule has 0 aromatic rings. The average molecular weight is 229 g/mol. The van der Waals surface area contributed by atoms with Gasteiger partial charge >= 0.3 is 16.4 Å². The fraction of sp³-hybridized carbons (Fsp3) is 0.833. The number of carbonyl (C=O) groups is 1. The minimum absolute atomic E-state index is 0.0718. The molecule has 0 aromatic carbocycles. The number of rotatable bonds is 3. The predicted molar refractivity (Wildman–Crippen MR) is 49.2 cm³/mol. The quantitative estimate of drug-likeness (QED) is 0.491. The number of aliphatic carboxylic acids is 1. The summed E-state index contributed by atoms with van der Waals surface area (Å²) >= 11 is 0. The van der Waals surface area contributed by atoms with Gasteiger partial charge in [0.05, 0.1) is 0 Å². The third kappa shape index (κ3) is 13.9. The highest BCUT2D eigenvalue weighted by atomic mass is 32.3. The molecule has 86 valence electrons. The van der Waals surface area contributed by atoms with E-state index in [1.54, 1.807) is 0 Å². The topological polar surface area (TPSA) is 138 Å². The molecule has 14 heavy (non-hydrogen) atoms. The second-order valence-corrected chi connectivity index (χ2v) is 3.59. The van der Waals surface area contributed by atoms with Crippen LogP contribution in [0.4, 0.5) is 0 Å². The lowest BCUT2D eigenvalue weighted by Gasteiger charge is -2.11. The number of hydrogen-bond acceptors (Lipinski definition) is 4. The molecule has 8 heteroatoms. The molecule has 0 unspecified atom stereocenters. The van der Waals surface area contributed by atoms with Gasteiger partial charge in [-0.3, -0.25) is 13.9 Å². The summed E-state index contributed by atoms with van der Waals surface area (Å²) in [6, 6.07) is -0.699. The molecule has 7 nitrogen and oxygen atoms in total. The zero-order chi connectivity index (χ0) is 11.9. The monoisotopic (exact) mass is 229 g/mol. The van der Waals surface area contributed by atoms with E-state index in [1.165, 1.54) is 0 Å². The Morgan fingerprint density at radius 2 is 1.71 bits per heavy atom. The van der Waals surface area contributed by atoms with E-state index in [9.17, 15) is 4.79 Å². The molecular formula is C6H15NO6S. The predicted octanol–water partition coefficient (Wildman–Crippen LogP) is -0.208. The van der Waals surface area contributed by atoms with Crippen molar-refractivity contribution in [1.82, 2.24) is 0 Å². The van der Waals surface area contributed by atoms with Crippen molar-refractivity contribution in [1.29, 1.82) is 0 Å². The van der Waals surface area contributed by atoms with Crippen LogP contribution in [0.15, 0.2) is 0 Å². The van der Waals surface area contributed by atoms with Crippen molar-refractivity contribution < 1.29 is 27.4 Å². The zero-order valence-corrected chi connectivity index (χ0v) is 8.73. The van der Waals surface area contributed by atoms with Crippen LogP contribution >= 0.6 is 0 Å². The minimum atomic E-state index is -4.67. The molecule has 0 amide bonds. The Hall–Kier alpha value is -0.700. The summed E-state index contributed by atoms with van der Waals surface area (Å²) < 4.78 is 31.6. The van der Waals surface area contributed by atoms with Crippen LogP contribution in [0.3, 0.4) is 0 Å². The summed E-state index contributed by atoms with van der Waals surface area (Å²) in [4.78, 5) is 10.2. The van der Waals surface area contributed by atoms with Gasteiger partial charge in [0.15, 0.2) is 0 Å². The molecule has 0 aliphatic rings. The first kappa shape index (κ1) is 15.8. The third-order valence-electron chi connectivity index (χ3n) is 1.54. The first-order valence-electron chi connectivity index (χ1n) is 3.77. The van der Waals surface area contributed by atoms with Crippen LogP contribution < -0.4 is 5.73 Å². The van der Waals surface area contributed by atoms with Gasteiger partial charge < -0.3 is 10.8 Å². The third-order valence-corrected chi connectivity index (χ3v) is 1.54. The molecule has 0 rings (SSSR count). The Labute approximate surface area is 82.5 Å². The summed E-state index contributed by atoms with van der Waals surface area (Å²) in [5.74, 6) is -0.841. The normalized spacial score (nSPS) is 14.9. The van der Waals surface area contributed by atoms with Crippen molar-refractivity contribution in [2.75, 3.05) is 0 Å². The summed E-state index contributed by atoms with van der Waals surface area (Å²) in [6.07, 6.45) is 0.813. The van der Waals surface area contributed by atoms with Crippen molar-refractivity contribution in [3.63, 3.8) is 0 Å². The Kier molecular flexibility index (Phi) is 7.55. The van der Waals surface area contributed by atoms with Crippen molar-refractivity contribution in [3.05, 3.63) is 0 Å². The number of carboxylic acid groups (broad SMARTS) is 1. The van der Waals surface area contributed by atoms with Crippen molar-refractivity contribution in [2.45, 2.75) is 26.3 Å². The standard InChI is InChI=1S/C6H13NO2.H2O4S/c1-3-4(2)5(7)6(8)9;1-5(2,3)4/h4-5H,3,7H2,1-2H3,(H,8,9);(H2,1,2,3,4)/t4-,5-;/m0./s1. The highest BCUT2D eigenvalue weighted by Crippen LogP contribution is 2.04. The fourth-order valence-electron chi connectivity index (χ4n) is 0.497. The van der Waals surface area contributed by atoms with Gasteiger partial charge in [-0.25, -0.2) is 0 Å². The van der Waals surface area contributed by atoms with Gasteiger partial charge in [0.2, 0.25) is 0 Å². The van der Waals surface area contributed by atoms with E-state index in [4.69, 9.17) is 28.4 Å². The summed E-state index contributed by atoms with van der Waals surface area (Å²) in [6.45, 7) is 3.76. The van der Waals surface area contributed by atoms with Crippen molar-refractivity contribution in [2.24, 2.45) is 11.7 Å². The highest BCUT2D eigenvalue weighted by Gasteiger charge is 2.17. The van der Waals surface area contributed by atoms with E-state index in [1.807, 2.05) is 13.8 Å². The van der Waals surface area contributed by atoms with Crippen molar-refractivity contribution in [3.8, 4) is 0 Å². The highest BCUT2D eigenvalue weighted by molar-refractivity contribution is 7.79. The Bertz CT molecular complexity index is 253. The molecule has 0 heterocycles. The van der Waals surface area contributed by atoms with E-state index in [2.05, 4.69) is 0 Å². The molecule has 5 N–H and O–H groups in total. The zero-order valence-electron chi connectivity index (χ0n) is 7.91. The molecule has 2 atom stereocenters. The largest absolute Gasteiger partial charge is 0.480 e. The summed E-state index contributed by atoms with van der Waals surface area (Å²) in [5.41, 5.74) is 5.27. The molecule has 0 bridgehead atoms. The van der Waals surface area contributed by atoms with E-state index in [-0.39, 0.29) is 5.92 Å². The van der Waals surface area contributed by atoms with Crippen LogP contribution in [0.25, 0.3) is 0 Å². The minimum Gasteiger partial charge on any atom is -0.480 e. The van der Waals surface area contributed by atoms with Crippen molar-refractivity contribution >= 4 is 16.4 Å². The van der Waals surface area contributed by atoms with Crippen LogP contribution in [0, 0.1) is 5.92 Å². The van der Waals surface area contributed by atoms with Crippen LogP contribution in [0.1, 0.15) is 20.3 Å². The molecule has 0 saturated carbocycles. The first-order chi connectivity index (χ1) is 6.09. The Morgan fingerprint density at radius 3 is 1.79 bits per heavy atom. The lowest BCUT2D eigenvalue weighted by molar-refractivity contribution is -0.139. The van der Waals surface area contributed by atoms with Gasteiger partial charge in [-0.2, -0.15) is 8.42 Å². The molecule has 0 aliphatic heterocycles. The van der Waals surface area contributed by atoms with Crippen LogP contribution in [-0.2, 0) is 15.2 Å². The maximum Gasteiger partial charge on any atom is 0.394 e. The molecule has 0 saturated heterocycles. The lowest BCUT2D eigenvalue weighted by atomic mass is 10.0. The molecule has 0 fully saturated rings. The van der Waals surface area contributed by atoms with Gasteiger partial charge in [0, 0.05) is 0 Å². The number of carboxylic acids is 1. The second kappa shape index (κ2) is 6.71. The Morgan fingerprint density at radius 1 is 1.43 bits per heavy atom. The maximum absolute atomic E-state index is 10.2. The molecular weight excluding hydrogens is 214 g/mol. The summed E-state index contributed by atoms with van der Waals surface area (Å²) in [7, 11) is -4.67. The second-order valence-electron chi connectivity index (χ2n) is 2.70. The van der Waals surface area contributed by atoms with Crippen LogP contribution in [0.2, 0.25) is 0 Å². The molecule has 0 aromatic heterocycles. The van der Waals surface area contributed by atoms with Gasteiger partial charge in [0.1, 0.15) is 6.04 Å². The van der Waals surface area contributed by atoms with Crippen LogP contribution in [-0.4, -0.2) is 34.6 Å². The van der Waals surface area contributed by atoms with Gasteiger partial charge in [0.25, 0.3) is 0 Å². The average Bonchev–Trinajstić information content (AvgIpc) is 1.98. The van der Waals surface area contributed by atoms with Gasteiger partial charge in [-0.15, -0.1) is 0 Å². The lowest BCUT2D eigenvalue weighted by Crippen LogP contribution is -2.36. The van der Waals surface area contributed by atoms with Crippen LogP contribution in [0.5, 0.6) is 0 Å². The first-order valence-corrected chi connectivity index (χ1v) is 5.17. The number of hydrogen-bond donors (Lipinski definition) is 4. The SMILES string of the molecule is CC[C@H](C)[C@H](N)C(=O)O.O=S(=O)(O)O. The van der Waals surface area contributed by atoms with E-state index < -0.39 is 22.4 Å². The Balaban J connectivity index is 0. The van der Waals surface area contributed by atoms with E-state index in [0.29, 0.717) is 0 Å². The van der Waals surface area contributed by atoms with E-state index in [0.717, 1.165) is 6.42 Å². The van der Waals surface area contributed by atoms with E-state index >= 15 is 0 Å². The maximum atomic E-state index is 10.2. The fourth-order valence-corrected chi connectivity index (χ4v) is 0.497. The molecule has 0 radical (unpaired) electrons. The smallest absolute Gasteiger partial charge is 0.394 e. The summed E-state index contributed by atoms with van der Waals surface area (Å²) in [5, 5.41) is 8.36. The number of nitrogens with two attached hydrogens (primary N) is 1.